The molecule has 0 radical (unpaired) electrons. The minimum atomic E-state index is -0.869. The molecule has 0 saturated heterocycles. The van der Waals surface area contributed by atoms with Crippen molar-refractivity contribution in [3.05, 3.63) is 74.8 Å². The molecule has 1 aliphatic heterocycles. The molecule has 0 aliphatic carbocycles. The molecule has 1 heterocycles. The number of nitro groups is 1. The van der Waals surface area contributed by atoms with Crippen LogP contribution in [0.25, 0.3) is 0 Å². The number of hydrogen-bond donors (Lipinski definition) is 1. The molecule has 2 unspecified atom stereocenters. The maximum atomic E-state index is 11.8. The zero-order valence-electron chi connectivity index (χ0n) is 16.3. The van der Waals surface area contributed by atoms with Crippen LogP contribution < -0.4 is 4.90 Å². The number of benzene rings is 2. The van der Waals surface area contributed by atoms with Crippen molar-refractivity contribution in [2.75, 3.05) is 18.0 Å². The van der Waals surface area contributed by atoms with Crippen molar-refractivity contribution in [1.82, 2.24) is 0 Å². The van der Waals surface area contributed by atoms with Crippen LogP contribution >= 0.6 is 0 Å². The van der Waals surface area contributed by atoms with Gasteiger partial charge in [-0.3, -0.25) is 19.7 Å². The van der Waals surface area contributed by atoms with Crippen LogP contribution in [0.2, 0.25) is 0 Å². The van der Waals surface area contributed by atoms with Gasteiger partial charge in [0, 0.05) is 36.9 Å². The smallest absolute Gasteiger partial charge is 0.308 e. The molecular weight excluding hydrogens is 372 g/mol. The average Bonchev–Trinajstić information content (AvgIpc) is 3.10. The summed E-state index contributed by atoms with van der Waals surface area (Å²) in [6.45, 7) is 2.48. The van der Waals surface area contributed by atoms with E-state index in [1.165, 1.54) is 0 Å². The average molecular weight is 396 g/mol. The zero-order valence-corrected chi connectivity index (χ0v) is 16.3. The Kier molecular flexibility index (Phi) is 6.26. The Morgan fingerprint density at radius 2 is 1.97 bits per heavy atom. The number of hydrogen-bond acceptors (Lipinski definition) is 5. The van der Waals surface area contributed by atoms with Gasteiger partial charge < -0.3 is 10.0 Å². The summed E-state index contributed by atoms with van der Waals surface area (Å²) in [5, 5.41) is 20.7. The molecule has 1 N–H and O–H groups in total. The normalized spacial score (nSPS) is 14.9. The highest BCUT2D eigenvalue weighted by Crippen LogP contribution is 2.34. The van der Waals surface area contributed by atoms with Crippen LogP contribution in [0, 0.1) is 16.0 Å². The van der Waals surface area contributed by atoms with Crippen LogP contribution in [0.1, 0.15) is 34.0 Å². The van der Waals surface area contributed by atoms with Crippen molar-refractivity contribution in [3.8, 4) is 0 Å². The first-order valence-electron chi connectivity index (χ1n) is 9.65. The standard InChI is InChI=1S/C22H24N2O5/c1-15(24(28)29)9-17-11-18-7-8-23(21(18)20(12-17)14-25)13-19(22(26)27)10-16-5-3-2-4-6-16/h2-6,11-12,14-15,19H,7-10,13H2,1H3,(H,26,27). The number of rotatable bonds is 9. The summed E-state index contributed by atoms with van der Waals surface area (Å²) in [5.74, 6) is -1.47. The molecule has 7 heteroatoms. The number of carboxylic acid groups (broad SMARTS) is 1. The fourth-order valence-electron chi connectivity index (χ4n) is 3.93. The summed E-state index contributed by atoms with van der Waals surface area (Å²) in [5.41, 5.74) is 3.89. The first-order valence-corrected chi connectivity index (χ1v) is 9.65. The first kappa shape index (κ1) is 20.5. The molecule has 0 saturated carbocycles. The third-order valence-electron chi connectivity index (χ3n) is 5.38. The molecule has 152 valence electrons. The van der Waals surface area contributed by atoms with E-state index < -0.39 is 17.9 Å². The summed E-state index contributed by atoms with van der Waals surface area (Å²) < 4.78 is 0. The number of fused-ring (bicyclic) bond motifs is 1. The molecule has 29 heavy (non-hydrogen) atoms. The van der Waals surface area contributed by atoms with Crippen LogP contribution in [0.4, 0.5) is 5.69 Å². The quantitative estimate of drug-likeness (QED) is 0.397. The van der Waals surface area contributed by atoms with E-state index in [4.69, 9.17) is 0 Å². The lowest BCUT2D eigenvalue weighted by Crippen LogP contribution is -2.33. The second-order valence-electron chi connectivity index (χ2n) is 7.57. The van der Waals surface area contributed by atoms with E-state index in [0.29, 0.717) is 31.5 Å². The molecule has 0 amide bonds. The van der Waals surface area contributed by atoms with Crippen molar-refractivity contribution in [2.45, 2.75) is 32.2 Å². The van der Waals surface area contributed by atoms with Crippen LogP contribution in [0.3, 0.4) is 0 Å². The highest BCUT2D eigenvalue weighted by molar-refractivity contribution is 5.88. The van der Waals surface area contributed by atoms with Gasteiger partial charge in [-0.2, -0.15) is 0 Å². The fraction of sp³-hybridized carbons (Fsp3) is 0.364. The molecule has 7 nitrogen and oxygen atoms in total. The Balaban J connectivity index is 1.82. The van der Waals surface area contributed by atoms with Crippen molar-refractivity contribution in [2.24, 2.45) is 5.92 Å². The molecule has 2 aromatic rings. The van der Waals surface area contributed by atoms with E-state index in [0.717, 1.165) is 28.7 Å². The van der Waals surface area contributed by atoms with Gasteiger partial charge >= 0.3 is 5.97 Å². The van der Waals surface area contributed by atoms with Crippen LogP contribution in [-0.2, 0) is 24.1 Å². The Labute approximate surface area is 169 Å². The number of carboxylic acids is 1. The largest absolute Gasteiger partial charge is 0.481 e. The van der Waals surface area contributed by atoms with E-state index in [2.05, 4.69) is 0 Å². The Hall–Kier alpha value is -3.22. The number of anilines is 1. The third-order valence-corrected chi connectivity index (χ3v) is 5.38. The van der Waals surface area contributed by atoms with E-state index in [-0.39, 0.29) is 11.3 Å². The molecule has 0 fully saturated rings. The van der Waals surface area contributed by atoms with Crippen molar-refractivity contribution < 1.29 is 19.6 Å². The van der Waals surface area contributed by atoms with E-state index in [1.54, 1.807) is 13.0 Å². The van der Waals surface area contributed by atoms with Gasteiger partial charge in [-0.1, -0.05) is 36.4 Å². The summed E-state index contributed by atoms with van der Waals surface area (Å²) in [7, 11) is 0. The number of nitrogens with zero attached hydrogens (tertiary/aromatic N) is 2. The minimum absolute atomic E-state index is 0.257. The van der Waals surface area contributed by atoms with Crippen molar-refractivity contribution in [1.29, 1.82) is 0 Å². The SMILES string of the molecule is CC(Cc1cc(C=O)c2c(c1)CCN2CC(Cc1ccccc1)C(=O)O)[N+](=O)[O-]. The van der Waals surface area contributed by atoms with Gasteiger partial charge in [-0.15, -0.1) is 0 Å². The van der Waals surface area contributed by atoms with Gasteiger partial charge in [0.2, 0.25) is 6.04 Å². The Morgan fingerprint density at radius 1 is 1.24 bits per heavy atom. The van der Waals surface area contributed by atoms with Crippen LogP contribution in [0.5, 0.6) is 0 Å². The van der Waals surface area contributed by atoms with Gasteiger partial charge in [0.05, 0.1) is 11.6 Å². The van der Waals surface area contributed by atoms with Gasteiger partial charge in [-0.25, -0.2) is 0 Å². The highest BCUT2D eigenvalue weighted by Gasteiger charge is 2.29. The topological polar surface area (TPSA) is 101 Å². The maximum Gasteiger partial charge on any atom is 0.308 e. The first-order chi connectivity index (χ1) is 13.9. The summed E-state index contributed by atoms with van der Waals surface area (Å²) in [6, 6.07) is 12.4. The van der Waals surface area contributed by atoms with Crippen molar-refractivity contribution in [3.63, 3.8) is 0 Å². The maximum absolute atomic E-state index is 11.8. The lowest BCUT2D eigenvalue weighted by atomic mass is 9.97. The zero-order chi connectivity index (χ0) is 21.0. The van der Waals surface area contributed by atoms with Gasteiger partial charge in [0.25, 0.3) is 0 Å². The Bertz CT molecular complexity index is 913. The molecule has 0 bridgehead atoms. The summed E-state index contributed by atoms with van der Waals surface area (Å²) >= 11 is 0. The minimum Gasteiger partial charge on any atom is -0.481 e. The van der Waals surface area contributed by atoms with Gasteiger partial charge in [-0.05, 0) is 35.6 Å². The lowest BCUT2D eigenvalue weighted by molar-refractivity contribution is -0.517. The molecule has 2 aromatic carbocycles. The second kappa shape index (κ2) is 8.86. The van der Waals surface area contributed by atoms with E-state index in [1.807, 2.05) is 41.3 Å². The summed E-state index contributed by atoms with van der Waals surface area (Å²) in [4.78, 5) is 36.1. The van der Waals surface area contributed by atoms with Gasteiger partial charge in [0.15, 0.2) is 6.29 Å². The van der Waals surface area contributed by atoms with Crippen molar-refractivity contribution >= 4 is 17.9 Å². The lowest BCUT2D eigenvalue weighted by Gasteiger charge is -2.25. The van der Waals surface area contributed by atoms with E-state index >= 15 is 0 Å². The third kappa shape index (κ3) is 4.80. The number of carbonyl (C=O) groups excluding carboxylic acids is 1. The predicted octanol–water partition coefficient (Wildman–Crippen LogP) is 3.01. The Morgan fingerprint density at radius 3 is 2.59 bits per heavy atom. The van der Waals surface area contributed by atoms with E-state index in [9.17, 15) is 24.8 Å². The molecule has 1 aliphatic rings. The highest BCUT2D eigenvalue weighted by atomic mass is 16.6. The molecular formula is C22H24N2O5. The number of aldehydes is 1. The molecule has 0 spiro atoms. The van der Waals surface area contributed by atoms with Crippen LogP contribution in [-0.4, -0.2) is 41.4 Å². The molecule has 0 aromatic heterocycles. The molecule has 2 atom stereocenters. The predicted molar refractivity (Wildman–Crippen MR) is 109 cm³/mol. The summed E-state index contributed by atoms with van der Waals surface area (Å²) in [6.07, 6.45) is 2.11. The van der Waals surface area contributed by atoms with Crippen LogP contribution in [0.15, 0.2) is 42.5 Å². The number of carbonyl (C=O) groups is 2. The second-order valence-corrected chi connectivity index (χ2v) is 7.57. The van der Waals surface area contributed by atoms with Gasteiger partial charge in [0.1, 0.15) is 0 Å². The number of aliphatic carboxylic acids is 1. The monoisotopic (exact) mass is 396 g/mol. The molecule has 3 rings (SSSR count). The fourth-order valence-corrected chi connectivity index (χ4v) is 3.93.